The summed E-state index contributed by atoms with van der Waals surface area (Å²) in [5, 5.41) is 0. The van der Waals surface area contributed by atoms with Crippen molar-refractivity contribution in [3.63, 3.8) is 0 Å². The van der Waals surface area contributed by atoms with Crippen LogP contribution >= 0.6 is 0 Å². The van der Waals surface area contributed by atoms with Gasteiger partial charge in [-0.25, -0.2) is 8.42 Å². The van der Waals surface area contributed by atoms with Crippen molar-refractivity contribution in [3.8, 4) is 0 Å². The Morgan fingerprint density at radius 2 is 1.19 bits per heavy atom. The molecule has 0 bridgehead atoms. The topological polar surface area (TPSA) is 66.4 Å². The molecule has 6 heteroatoms. The van der Waals surface area contributed by atoms with Gasteiger partial charge in [0.05, 0.1) is 0 Å². The molecule has 0 saturated carbocycles. The van der Waals surface area contributed by atoms with Crippen molar-refractivity contribution in [1.29, 1.82) is 0 Å². The number of ether oxygens (including phenoxy) is 1. The summed E-state index contributed by atoms with van der Waals surface area (Å²) < 4.78 is 35.5. The molecule has 0 spiro atoms. The van der Waals surface area contributed by atoms with Crippen molar-refractivity contribution in [1.82, 2.24) is 0 Å². The second-order valence-corrected chi connectivity index (χ2v) is 6.12. The summed E-state index contributed by atoms with van der Waals surface area (Å²) in [6, 6.07) is 0. The van der Waals surface area contributed by atoms with Gasteiger partial charge in [-0.1, -0.05) is 79.6 Å². The fourth-order valence-electron chi connectivity index (χ4n) is 1.85. The average molecular weight is 334 g/mol. The Balaban J connectivity index is -0.000000482. The van der Waals surface area contributed by atoms with Crippen LogP contribution in [-0.4, -0.2) is 25.5 Å². The van der Waals surface area contributed by atoms with E-state index in [4.69, 9.17) is 4.74 Å². The fraction of sp³-hybridized carbons (Fsp3) is 1.00. The van der Waals surface area contributed by atoms with Crippen molar-refractivity contribution in [2.75, 3.05) is 12.5 Å². The standard InChI is InChI=1S/C13H28O4S.2CH4.Na/c1-2-3-4-5-6-7-8-9-10-11-12-17-13-18(14,15)16;;;/h2-13H2,1H3,(H,14,15,16);2*1H4;/q;;;+1/p-1. The molecule has 0 saturated heterocycles. The third-order valence-corrected chi connectivity index (χ3v) is 3.33. The predicted molar refractivity (Wildman–Crippen MR) is 85.8 cm³/mol. The van der Waals surface area contributed by atoms with Gasteiger partial charge in [-0.05, 0) is 6.42 Å². The summed E-state index contributed by atoms with van der Waals surface area (Å²) in [6.45, 7) is 2.60. The maximum Gasteiger partial charge on any atom is 1.00 e. The van der Waals surface area contributed by atoms with E-state index in [9.17, 15) is 13.0 Å². The minimum Gasteiger partial charge on any atom is -0.746 e. The van der Waals surface area contributed by atoms with E-state index in [-0.39, 0.29) is 44.4 Å². The van der Waals surface area contributed by atoms with Crippen molar-refractivity contribution in [3.05, 3.63) is 0 Å². The van der Waals surface area contributed by atoms with Crippen LogP contribution in [0.4, 0.5) is 0 Å². The van der Waals surface area contributed by atoms with E-state index in [0.717, 1.165) is 12.8 Å². The van der Waals surface area contributed by atoms with Crippen LogP contribution in [0, 0.1) is 0 Å². The zero-order valence-electron chi connectivity index (χ0n) is 12.5. The normalized spacial score (nSPS) is 10.2. The molecule has 0 rings (SSSR count). The molecule has 0 unspecified atom stereocenters. The van der Waals surface area contributed by atoms with Crippen LogP contribution in [-0.2, 0) is 14.9 Å². The zero-order valence-corrected chi connectivity index (χ0v) is 15.3. The van der Waals surface area contributed by atoms with Crippen molar-refractivity contribution >= 4 is 10.1 Å². The van der Waals surface area contributed by atoms with E-state index in [1.54, 1.807) is 0 Å². The molecule has 0 aliphatic carbocycles. The van der Waals surface area contributed by atoms with E-state index in [1.165, 1.54) is 51.4 Å². The van der Waals surface area contributed by atoms with Gasteiger partial charge in [0.15, 0.2) is 0 Å². The second-order valence-electron chi connectivity index (χ2n) is 4.77. The van der Waals surface area contributed by atoms with Crippen molar-refractivity contribution < 1.29 is 47.3 Å². The second kappa shape index (κ2) is 20.9. The van der Waals surface area contributed by atoms with Gasteiger partial charge in [-0.15, -0.1) is 0 Å². The third kappa shape index (κ3) is 29.5. The van der Waals surface area contributed by atoms with Crippen LogP contribution in [0.15, 0.2) is 0 Å². The molecule has 0 aliphatic rings. The first kappa shape index (κ1) is 29.8. The molecule has 0 radical (unpaired) electrons. The van der Waals surface area contributed by atoms with Gasteiger partial charge in [0.2, 0.25) is 0 Å². The van der Waals surface area contributed by atoms with Crippen LogP contribution in [0.2, 0.25) is 0 Å². The summed E-state index contributed by atoms with van der Waals surface area (Å²) in [5.41, 5.74) is 0. The molecule has 0 N–H and O–H groups in total. The average Bonchev–Trinajstić information content (AvgIpc) is 2.29. The molecule has 0 heterocycles. The zero-order chi connectivity index (χ0) is 13.7. The summed E-state index contributed by atoms with van der Waals surface area (Å²) in [4.78, 5) is 0. The maximum absolute atomic E-state index is 10.2. The molecule has 0 fully saturated rings. The molecule has 0 aromatic rings. The third-order valence-electron chi connectivity index (χ3n) is 2.87. The first-order valence-electron chi connectivity index (χ1n) is 7.07. The number of hydrogen-bond donors (Lipinski definition) is 0. The Labute approximate surface area is 155 Å². The van der Waals surface area contributed by atoms with E-state index in [0.29, 0.717) is 6.61 Å². The molecule has 0 aliphatic heterocycles. The van der Waals surface area contributed by atoms with Crippen LogP contribution in [0.3, 0.4) is 0 Å². The Kier molecular flexibility index (Phi) is 29.6. The molecule has 0 amide bonds. The predicted octanol–water partition coefficient (Wildman–Crippen LogP) is 1.70. The summed E-state index contributed by atoms with van der Waals surface area (Å²) in [5.74, 6) is -0.690. The van der Waals surface area contributed by atoms with Crippen molar-refractivity contribution in [2.24, 2.45) is 0 Å². The van der Waals surface area contributed by atoms with Crippen LogP contribution in [0.5, 0.6) is 0 Å². The Morgan fingerprint density at radius 3 is 1.57 bits per heavy atom. The smallest absolute Gasteiger partial charge is 0.746 e. The van der Waals surface area contributed by atoms with Crippen molar-refractivity contribution in [2.45, 2.75) is 86.0 Å². The van der Waals surface area contributed by atoms with Gasteiger partial charge >= 0.3 is 29.6 Å². The Morgan fingerprint density at radius 1 is 0.810 bits per heavy atom. The first-order valence-corrected chi connectivity index (χ1v) is 8.65. The molecule has 126 valence electrons. The van der Waals surface area contributed by atoms with Crippen LogP contribution in [0.1, 0.15) is 86.0 Å². The van der Waals surface area contributed by atoms with E-state index in [2.05, 4.69) is 6.92 Å². The van der Waals surface area contributed by atoms with Crippen LogP contribution < -0.4 is 29.6 Å². The van der Waals surface area contributed by atoms with Gasteiger partial charge in [0, 0.05) is 6.61 Å². The van der Waals surface area contributed by atoms with E-state index >= 15 is 0 Å². The fourth-order valence-corrected chi connectivity index (χ4v) is 2.17. The molecular formula is C15H35NaO4S. The van der Waals surface area contributed by atoms with Gasteiger partial charge in [0.1, 0.15) is 16.1 Å². The molecule has 4 nitrogen and oxygen atoms in total. The largest absolute Gasteiger partial charge is 1.00 e. The van der Waals surface area contributed by atoms with Gasteiger partial charge in [0.25, 0.3) is 0 Å². The number of rotatable bonds is 13. The summed E-state index contributed by atoms with van der Waals surface area (Å²) >= 11 is 0. The van der Waals surface area contributed by atoms with E-state index in [1.807, 2.05) is 0 Å². The summed E-state index contributed by atoms with van der Waals surface area (Å²) in [7, 11) is -4.21. The minimum absolute atomic E-state index is 0. The summed E-state index contributed by atoms with van der Waals surface area (Å²) in [6.07, 6.45) is 12.3. The minimum atomic E-state index is -4.21. The molecule has 0 atom stereocenters. The molecular weight excluding hydrogens is 299 g/mol. The first-order chi connectivity index (χ1) is 8.56. The van der Waals surface area contributed by atoms with E-state index < -0.39 is 16.1 Å². The molecule has 21 heavy (non-hydrogen) atoms. The monoisotopic (exact) mass is 334 g/mol. The Hall–Kier alpha value is 0.870. The van der Waals surface area contributed by atoms with Gasteiger partial charge in [-0.3, -0.25) is 0 Å². The maximum atomic E-state index is 10.2. The SMILES string of the molecule is C.C.CCCCCCCCCCCCOCS(=O)(=O)[O-].[Na+]. The van der Waals surface area contributed by atoms with Gasteiger partial charge < -0.3 is 9.29 Å². The Bertz CT molecular complexity index is 269. The van der Waals surface area contributed by atoms with Crippen LogP contribution in [0.25, 0.3) is 0 Å². The van der Waals surface area contributed by atoms with Gasteiger partial charge in [-0.2, -0.15) is 0 Å². The quantitative estimate of drug-likeness (QED) is 0.292. The number of unbranched alkanes of at least 4 members (excludes halogenated alkanes) is 9. The molecule has 0 aromatic heterocycles. The number of hydrogen-bond acceptors (Lipinski definition) is 4. The molecule has 0 aromatic carbocycles.